The minimum Gasteiger partial charge on any atom is -0.381 e. The number of nitrogens with zero attached hydrogens (tertiary/aromatic N) is 3. The number of benzene rings is 2. The Morgan fingerprint density at radius 3 is 2.34 bits per heavy atom. The van der Waals surface area contributed by atoms with Gasteiger partial charge in [-0.25, -0.2) is 17.2 Å². The van der Waals surface area contributed by atoms with Crippen LogP contribution in [-0.2, 0) is 19.6 Å². The number of halogens is 3. The Balaban J connectivity index is 1.21. The molecule has 4 fully saturated rings. The summed E-state index contributed by atoms with van der Waals surface area (Å²) in [5.74, 6) is -1.61. The summed E-state index contributed by atoms with van der Waals surface area (Å²) in [6.45, 7) is 5.82. The lowest BCUT2D eigenvalue weighted by Gasteiger charge is -2.37. The van der Waals surface area contributed by atoms with Crippen molar-refractivity contribution in [1.29, 1.82) is 0 Å². The van der Waals surface area contributed by atoms with E-state index in [0.717, 1.165) is 42.9 Å². The van der Waals surface area contributed by atoms with E-state index in [1.165, 1.54) is 18.4 Å². The molecule has 0 aromatic heterocycles. The number of carbonyl (C=O) groups excluding carboxylic acids is 1. The molecule has 2 atom stereocenters. The third-order valence-corrected chi connectivity index (χ3v) is 11.6. The van der Waals surface area contributed by atoms with Crippen LogP contribution in [0.4, 0.5) is 14.5 Å². The van der Waals surface area contributed by atoms with Gasteiger partial charge in [0.15, 0.2) is 0 Å². The molecule has 240 valence electrons. The van der Waals surface area contributed by atoms with Gasteiger partial charge in [0.05, 0.1) is 17.9 Å². The van der Waals surface area contributed by atoms with Gasteiger partial charge in [-0.05, 0) is 92.2 Å². The van der Waals surface area contributed by atoms with E-state index in [9.17, 15) is 17.6 Å². The molecule has 3 saturated heterocycles. The van der Waals surface area contributed by atoms with Crippen molar-refractivity contribution < 1.29 is 26.7 Å². The van der Waals surface area contributed by atoms with Crippen molar-refractivity contribution in [2.75, 3.05) is 56.5 Å². The van der Waals surface area contributed by atoms with E-state index in [2.05, 4.69) is 4.90 Å². The minimum atomic E-state index is -3.49. The maximum atomic E-state index is 15.1. The summed E-state index contributed by atoms with van der Waals surface area (Å²) in [5.41, 5.74) is 2.83. The van der Waals surface area contributed by atoms with Crippen molar-refractivity contribution >= 4 is 33.2 Å². The number of anilines is 1. The molecule has 7 nitrogen and oxygen atoms in total. The lowest BCUT2D eigenvalue weighted by Crippen LogP contribution is -2.44. The molecule has 0 radical (unpaired) electrons. The van der Waals surface area contributed by atoms with Crippen LogP contribution in [0.1, 0.15) is 67.1 Å². The fraction of sp³-hybridized carbons (Fsp3) is 0.606. The average Bonchev–Trinajstić information content (AvgIpc) is 3.72. The van der Waals surface area contributed by atoms with Gasteiger partial charge in [-0.3, -0.25) is 14.0 Å². The highest BCUT2D eigenvalue weighted by Crippen LogP contribution is 2.42. The highest BCUT2D eigenvalue weighted by molar-refractivity contribution is 7.92. The number of aryl methyl sites for hydroxylation is 1. The van der Waals surface area contributed by atoms with Crippen LogP contribution in [0.25, 0.3) is 0 Å². The highest BCUT2D eigenvalue weighted by Gasteiger charge is 2.44. The van der Waals surface area contributed by atoms with Crippen molar-refractivity contribution in [1.82, 2.24) is 9.80 Å². The molecule has 0 bridgehead atoms. The Morgan fingerprint density at radius 1 is 1.00 bits per heavy atom. The van der Waals surface area contributed by atoms with Gasteiger partial charge in [0.25, 0.3) is 0 Å². The number of rotatable bonds is 8. The number of hydrogen-bond donors (Lipinski definition) is 0. The Morgan fingerprint density at radius 2 is 1.70 bits per heavy atom. The lowest BCUT2D eigenvalue weighted by molar-refractivity contribution is -0.136. The molecule has 4 aliphatic rings. The molecule has 3 heterocycles. The number of sulfonamides is 1. The van der Waals surface area contributed by atoms with Gasteiger partial charge in [0, 0.05) is 69.0 Å². The minimum absolute atomic E-state index is 0.000363. The van der Waals surface area contributed by atoms with Crippen molar-refractivity contribution in [3.63, 3.8) is 0 Å². The first-order valence-corrected chi connectivity index (χ1v) is 18.1. The summed E-state index contributed by atoms with van der Waals surface area (Å²) in [7, 11) is -3.49. The number of amides is 1. The Hall–Kier alpha value is -2.27. The average molecular weight is 650 g/mol. The second-order valence-electron chi connectivity index (χ2n) is 13.2. The van der Waals surface area contributed by atoms with E-state index in [4.69, 9.17) is 16.3 Å². The van der Waals surface area contributed by atoms with Crippen LogP contribution in [0.2, 0.25) is 5.02 Å². The van der Waals surface area contributed by atoms with Crippen LogP contribution in [0.3, 0.4) is 0 Å². The predicted octanol–water partition coefficient (Wildman–Crippen LogP) is 5.70. The topological polar surface area (TPSA) is 70.2 Å². The first kappa shape index (κ1) is 31.7. The van der Waals surface area contributed by atoms with Gasteiger partial charge in [-0.1, -0.05) is 17.7 Å². The second-order valence-corrected chi connectivity index (χ2v) is 15.5. The van der Waals surface area contributed by atoms with Gasteiger partial charge in [0.2, 0.25) is 15.9 Å². The lowest BCUT2D eigenvalue weighted by atomic mass is 9.85. The quantitative estimate of drug-likeness (QED) is 0.367. The predicted molar refractivity (Wildman–Crippen MR) is 168 cm³/mol. The number of carbonyl (C=O) groups is 1. The molecular weight excluding hydrogens is 608 g/mol. The van der Waals surface area contributed by atoms with E-state index >= 15 is 4.39 Å². The first-order chi connectivity index (χ1) is 21.0. The molecule has 1 saturated carbocycles. The van der Waals surface area contributed by atoms with Gasteiger partial charge in [-0.15, -0.1) is 0 Å². The summed E-state index contributed by atoms with van der Waals surface area (Å²) >= 11 is 6.58. The number of hydrogen-bond acceptors (Lipinski definition) is 5. The van der Waals surface area contributed by atoms with E-state index in [1.807, 2.05) is 24.0 Å². The maximum absolute atomic E-state index is 15.1. The van der Waals surface area contributed by atoms with Crippen molar-refractivity contribution in [2.24, 2.45) is 11.8 Å². The van der Waals surface area contributed by atoms with Gasteiger partial charge < -0.3 is 9.64 Å². The van der Waals surface area contributed by atoms with Crippen LogP contribution >= 0.6 is 11.6 Å². The Kier molecular flexibility index (Phi) is 9.26. The smallest absolute Gasteiger partial charge is 0.232 e. The summed E-state index contributed by atoms with van der Waals surface area (Å²) in [6.07, 6.45) is 6.41. The molecule has 2 aromatic rings. The molecule has 0 unspecified atom stereocenters. The van der Waals surface area contributed by atoms with E-state index < -0.39 is 27.6 Å². The van der Waals surface area contributed by atoms with Gasteiger partial charge >= 0.3 is 0 Å². The molecule has 11 heteroatoms. The molecular formula is C33H42ClF2N3O4S. The third kappa shape index (κ3) is 6.78. The number of piperidine rings is 1. The van der Waals surface area contributed by atoms with Crippen LogP contribution in [-0.4, -0.2) is 82.4 Å². The zero-order chi connectivity index (χ0) is 31.2. The van der Waals surface area contributed by atoms with E-state index in [1.54, 1.807) is 4.31 Å². The Labute approximate surface area is 264 Å². The largest absolute Gasteiger partial charge is 0.381 e. The first-order valence-electron chi connectivity index (χ1n) is 15.8. The van der Waals surface area contributed by atoms with Crippen LogP contribution in [0, 0.1) is 30.4 Å². The normalized spacial score (nSPS) is 24.2. The third-order valence-electron chi connectivity index (χ3n) is 10.1. The van der Waals surface area contributed by atoms with Gasteiger partial charge in [-0.2, -0.15) is 0 Å². The molecule has 3 aliphatic heterocycles. The summed E-state index contributed by atoms with van der Waals surface area (Å²) in [5, 5.41) is 0.602. The maximum Gasteiger partial charge on any atom is 0.232 e. The van der Waals surface area contributed by atoms with Crippen molar-refractivity contribution in [3.05, 3.63) is 63.7 Å². The van der Waals surface area contributed by atoms with E-state index in [0.29, 0.717) is 81.0 Å². The molecule has 0 N–H and O–H groups in total. The fourth-order valence-corrected chi connectivity index (χ4v) is 8.54. The summed E-state index contributed by atoms with van der Waals surface area (Å²) in [6, 6.07) is 7.76. The Bertz CT molecular complexity index is 1490. The SMILES string of the molecule is Cc1cc(N(CC2CC2)S(C)(=O)=O)c(C2CCN(C(=O)[C@@H]3CN(C4CCOCC4)C[C@H]3c3ccc(F)cc3F)CC2)cc1Cl. The monoisotopic (exact) mass is 649 g/mol. The van der Waals surface area contributed by atoms with Crippen LogP contribution in [0.15, 0.2) is 30.3 Å². The molecule has 44 heavy (non-hydrogen) atoms. The summed E-state index contributed by atoms with van der Waals surface area (Å²) < 4.78 is 61.8. The van der Waals surface area contributed by atoms with E-state index in [-0.39, 0.29) is 23.8 Å². The van der Waals surface area contributed by atoms with Crippen molar-refractivity contribution in [2.45, 2.75) is 63.3 Å². The second kappa shape index (κ2) is 12.9. The zero-order valence-corrected chi connectivity index (χ0v) is 27.1. The zero-order valence-electron chi connectivity index (χ0n) is 25.5. The molecule has 0 spiro atoms. The molecule has 2 aromatic carbocycles. The highest BCUT2D eigenvalue weighted by atomic mass is 35.5. The van der Waals surface area contributed by atoms with Crippen molar-refractivity contribution in [3.8, 4) is 0 Å². The standard InChI is InChI=1S/C33H42ClF2N3O4S/c1-21-15-32(39(44(2,41)42)18-22-3-4-22)27(17-30(21)34)23-7-11-37(12-8-23)33(40)29-20-38(25-9-13-43-14-10-25)19-28(29)26-6-5-24(35)16-31(26)36/h5-6,15-17,22-23,25,28-29H,3-4,7-14,18-20H2,1-2H3/t28-,29+/m0/s1. The molecule has 1 aliphatic carbocycles. The molecule has 1 amide bonds. The number of likely N-dealkylation sites (tertiary alicyclic amines) is 2. The molecule has 6 rings (SSSR count). The van der Waals surface area contributed by atoms with Gasteiger partial charge in [0.1, 0.15) is 11.6 Å². The number of ether oxygens (including phenoxy) is 1. The van der Waals surface area contributed by atoms with Crippen LogP contribution < -0.4 is 4.31 Å². The van der Waals surface area contributed by atoms with Crippen LogP contribution in [0.5, 0.6) is 0 Å². The fourth-order valence-electron chi connectivity index (χ4n) is 7.37. The summed E-state index contributed by atoms with van der Waals surface area (Å²) in [4.78, 5) is 18.3.